The fourth-order valence-corrected chi connectivity index (χ4v) is 3.80. The summed E-state index contributed by atoms with van der Waals surface area (Å²) in [7, 11) is 0. The van der Waals surface area contributed by atoms with Crippen LogP contribution in [0.5, 0.6) is 0 Å². The Kier molecular flexibility index (Phi) is 5.75. The normalized spacial score (nSPS) is 22.6. The molecule has 1 aromatic carbocycles. The lowest BCUT2D eigenvalue weighted by atomic mass is 9.73. The predicted octanol–water partition coefficient (Wildman–Crippen LogP) is 2.62. The molecule has 6 heteroatoms. The third-order valence-electron chi connectivity index (χ3n) is 5.26. The smallest absolute Gasteiger partial charge is 0.314 e. The Morgan fingerprint density at radius 2 is 2.04 bits per heavy atom. The van der Waals surface area contributed by atoms with Gasteiger partial charge in [-0.05, 0) is 31.7 Å². The van der Waals surface area contributed by atoms with Crippen LogP contribution in [0.15, 0.2) is 36.4 Å². The molecule has 0 bridgehead atoms. The zero-order valence-electron chi connectivity index (χ0n) is 15.9. The van der Waals surface area contributed by atoms with E-state index in [2.05, 4.69) is 16.9 Å². The van der Waals surface area contributed by atoms with Gasteiger partial charge in [0.15, 0.2) is 0 Å². The Morgan fingerprint density at radius 1 is 1.30 bits per heavy atom. The zero-order valence-corrected chi connectivity index (χ0v) is 15.9. The van der Waals surface area contributed by atoms with E-state index in [0.717, 1.165) is 35.7 Å². The van der Waals surface area contributed by atoms with Crippen LogP contribution >= 0.6 is 0 Å². The van der Waals surface area contributed by atoms with Crippen molar-refractivity contribution in [3.05, 3.63) is 53.5 Å². The number of carboxylic acid groups (broad SMARTS) is 1. The van der Waals surface area contributed by atoms with Gasteiger partial charge in [-0.2, -0.15) is 0 Å². The summed E-state index contributed by atoms with van der Waals surface area (Å²) in [4.78, 5) is 23.4. The fraction of sp³-hybridized carbons (Fsp3) is 0.476. The molecule has 2 atom stereocenters. The number of piperidine rings is 1. The number of aliphatic hydroxyl groups excluding tert-OH is 1. The van der Waals surface area contributed by atoms with Crippen molar-refractivity contribution in [3.63, 3.8) is 0 Å². The second kappa shape index (κ2) is 8.05. The van der Waals surface area contributed by atoms with Gasteiger partial charge in [0.1, 0.15) is 17.1 Å². The zero-order chi connectivity index (χ0) is 19.4. The van der Waals surface area contributed by atoms with E-state index in [9.17, 15) is 15.0 Å². The Bertz CT molecular complexity index is 797. The summed E-state index contributed by atoms with van der Waals surface area (Å²) in [6, 6.07) is 11.4. The van der Waals surface area contributed by atoms with Gasteiger partial charge in [0.2, 0.25) is 0 Å². The molecule has 1 saturated heterocycles. The monoisotopic (exact) mass is 369 g/mol. The lowest BCUT2D eigenvalue weighted by Crippen LogP contribution is -2.57. The molecule has 27 heavy (non-hydrogen) atoms. The predicted molar refractivity (Wildman–Crippen MR) is 104 cm³/mol. The summed E-state index contributed by atoms with van der Waals surface area (Å²) in [5.74, 6) is 0.558. The van der Waals surface area contributed by atoms with Gasteiger partial charge in [-0.1, -0.05) is 37.3 Å². The number of aryl methyl sites for hydroxylation is 2. The van der Waals surface area contributed by atoms with E-state index in [0.29, 0.717) is 13.0 Å². The summed E-state index contributed by atoms with van der Waals surface area (Å²) >= 11 is 0. The summed E-state index contributed by atoms with van der Waals surface area (Å²) in [5, 5.41) is 20.7. The molecule has 0 radical (unpaired) electrons. The largest absolute Gasteiger partial charge is 0.481 e. The topological polar surface area (TPSA) is 86.5 Å². The van der Waals surface area contributed by atoms with E-state index < -0.39 is 17.5 Å². The van der Waals surface area contributed by atoms with Crippen LogP contribution in [-0.2, 0) is 17.6 Å². The molecule has 1 aliphatic rings. The van der Waals surface area contributed by atoms with Crippen LogP contribution in [0.25, 0.3) is 0 Å². The second-order valence-corrected chi connectivity index (χ2v) is 7.38. The van der Waals surface area contributed by atoms with Crippen LogP contribution in [0.4, 0.5) is 5.82 Å². The number of benzene rings is 1. The van der Waals surface area contributed by atoms with E-state index in [4.69, 9.17) is 0 Å². The number of aromatic nitrogens is 2. The molecule has 144 valence electrons. The SMILES string of the molecule is CCCc1nc(C)cc(N2CC[C@@H](O)[C@](Cc3ccccc3)(C(=O)O)C2)n1. The van der Waals surface area contributed by atoms with Crippen LogP contribution in [0.2, 0.25) is 0 Å². The van der Waals surface area contributed by atoms with E-state index in [-0.39, 0.29) is 13.0 Å². The number of nitrogens with zero attached hydrogens (tertiary/aromatic N) is 3. The Balaban J connectivity index is 1.93. The first kappa shape index (κ1) is 19.3. The second-order valence-electron chi connectivity index (χ2n) is 7.38. The Morgan fingerprint density at radius 3 is 2.70 bits per heavy atom. The third-order valence-corrected chi connectivity index (χ3v) is 5.26. The first-order valence-electron chi connectivity index (χ1n) is 9.49. The molecule has 1 aromatic heterocycles. The lowest BCUT2D eigenvalue weighted by Gasteiger charge is -2.44. The molecular formula is C21H27N3O3. The van der Waals surface area contributed by atoms with Crippen molar-refractivity contribution in [2.75, 3.05) is 18.0 Å². The number of anilines is 1. The number of carboxylic acids is 1. The molecule has 0 saturated carbocycles. The highest BCUT2D eigenvalue weighted by molar-refractivity contribution is 5.77. The maximum absolute atomic E-state index is 12.3. The van der Waals surface area contributed by atoms with Gasteiger partial charge in [0, 0.05) is 31.3 Å². The number of rotatable bonds is 6. The number of carbonyl (C=O) groups is 1. The quantitative estimate of drug-likeness (QED) is 0.814. The molecule has 3 rings (SSSR count). The van der Waals surface area contributed by atoms with Crippen LogP contribution in [0, 0.1) is 12.3 Å². The van der Waals surface area contributed by atoms with Crippen molar-refractivity contribution in [3.8, 4) is 0 Å². The van der Waals surface area contributed by atoms with E-state index >= 15 is 0 Å². The fourth-order valence-electron chi connectivity index (χ4n) is 3.80. The molecule has 0 spiro atoms. The summed E-state index contributed by atoms with van der Waals surface area (Å²) in [5.41, 5.74) is 0.522. The van der Waals surface area contributed by atoms with E-state index in [1.807, 2.05) is 48.2 Å². The van der Waals surface area contributed by atoms with E-state index in [1.54, 1.807) is 0 Å². The Labute approximate surface area is 159 Å². The maximum Gasteiger partial charge on any atom is 0.314 e. The molecule has 2 aromatic rings. The van der Waals surface area contributed by atoms with Crippen molar-refractivity contribution >= 4 is 11.8 Å². The van der Waals surface area contributed by atoms with Gasteiger partial charge in [-0.3, -0.25) is 4.79 Å². The molecular weight excluding hydrogens is 342 g/mol. The molecule has 0 aliphatic carbocycles. The minimum atomic E-state index is -1.26. The molecule has 1 aliphatic heterocycles. The van der Waals surface area contributed by atoms with Gasteiger partial charge < -0.3 is 15.1 Å². The molecule has 2 heterocycles. The van der Waals surface area contributed by atoms with Crippen LogP contribution < -0.4 is 4.90 Å². The standard InChI is InChI=1S/C21H27N3O3/c1-3-7-18-22-15(2)12-19(23-18)24-11-10-17(25)21(14-24,20(26)27)13-16-8-5-4-6-9-16/h4-6,8-9,12,17,25H,3,7,10-11,13-14H2,1-2H3,(H,26,27)/t17-,21-/m1/s1. The number of aliphatic carboxylic acids is 1. The molecule has 0 unspecified atom stereocenters. The van der Waals surface area contributed by atoms with Gasteiger partial charge in [0.05, 0.1) is 6.10 Å². The first-order chi connectivity index (χ1) is 12.9. The van der Waals surface area contributed by atoms with Gasteiger partial charge in [-0.25, -0.2) is 9.97 Å². The number of hydrogen-bond acceptors (Lipinski definition) is 5. The first-order valence-corrected chi connectivity index (χ1v) is 9.49. The lowest BCUT2D eigenvalue weighted by molar-refractivity contribution is -0.157. The van der Waals surface area contributed by atoms with Gasteiger partial charge >= 0.3 is 5.97 Å². The number of aliphatic hydroxyl groups is 1. The van der Waals surface area contributed by atoms with Crippen molar-refractivity contribution in [2.45, 2.75) is 45.6 Å². The molecule has 0 amide bonds. The minimum Gasteiger partial charge on any atom is -0.481 e. The van der Waals surface area contributed by atoms with Crippen LogP contribution in [0.1, 0.15) is 36.8 Å². The maximum atomic E-state index is 12.3. The van der Waals surface area contributed by atoms with Crippen molar-refractivity contribution < 1.29 is 15.0 Å². The van der Waals surface area contributed by atoms with Gasteiger partial charge in [0.25, 0.3) is 0 Å². The van der Waals surface area contributed by atoms with Crippen molar-refractivity contribution in [1.29, 1.82) is 0 Å². The van der Waals surface area contributed by atoms with Crippen molar-refractivity contribution in [2.24, 2.45) is 5.41 Å². The highest BCUT2D eigenvalue weighted by atomic mass is 16.4. The van der Waals surface area contributed by atoms with Crippen molar-refractivity contribution in [1.82, 2.24) is 9.97 Å². The molecule has 6 nitrogen and oxygen atoms in total. The van der Waals surface area contributed by atoms with Gasteiger partial charge in [-0.15, -0.1) is 0 Å². The van der Waals surface area contributed by atoms with Crippen LogP contribution in [0.3, 0.4) is 0 Å². The molecule has 2 N–H and O–H groups in total. The minimum absolute atomic E-state index is 0.223. The average Bonchev–Trinajstić information content (AvgIpc) is 2.64. The number of hydrogen-bond donors (Lipinski definition) is 2. The Hall–Kier alpha value is -2.47. The third kappa shape index (κ3) is 4.11. The highest BCUT2D eigenvalue weighted by Crippen LogP contribution is 2.36. The van der Waals surface area contributed by atoms with Crippen LogP contribution in [-0.4, -0.2) is 45.3 Å². The summed E-state index contributed by atoms with van der Waals surface area (Å²) in [6.45, 7) is 4.81. The van der Waals surface area contributed by atoms with E-state index in [1.165, 1.54) is 0 Å². The average molecular weight is 369 g/mol. The molecule has 1 fully saturated rings. The summed E-state index contributed by atoms with van der Waals surface area (Å²) in [6.07, 6.45) is 1.52. The summed E-state index contributed by atoms with van der Waals surface area (Å²) < 4.78 is 0. The highest BCUT2D eigenvalue weighted by Gasteiger charge is 2.49.